The molecule has 5 rings (SSSR count). The van der Waals surface area contributed by atoms with E-state index in [1.807, 2.05) is 30.3 Å². The van der Waals surface area contributed by atoms with Crippen molar-refractivity contribution in [3.63, 3.8) is 0 Å². The summed E-state index contributed by atoms with van der Waals surface area (Å²) in [6.07, 6.45) is 0. The van der Waals surface area contributed by atoms with E-state index in [-0.39, 0.29) is 30.5 Å². The maximum atomic E-state index is 13.9. The number of hydrogen-bond donors (Lipinski definition) is 1. The van der Waals surface area contributed by atoms with Gasteiger partial charge in [0.2, 0.25) is 0 Å². The topological polar surface area (TPSA) is 41.9 Å². The number of ether oxygens (including phenoxy) is 2. The number of alkyl halides is 1. The van der Waals surface area contributed by atoms with Crippen molar-refractivity contribution < 1.29 is 27.8 Å². The molecule has 1 saturated heterocycles. The van der Waals surface area contributed by atoms with Gasteiger partial charge in [0.15, 0.2) is 0 Å². The van der Waals surface area contributed by atoms with Crippen LogP contribution in [-0.4, -0.2) is 49.5 Å². The Balaban J connectivity index is 0.000000172. The van der Waals surface area contributed by atoms with Gasteiger partial charge >= 0.3 is 0 Å². The fourth-order valence-electron chi connectivity index (χ4n) is 4.13. The molecule has 0 amide bonds. The van der Waals surface area contributed by atoms with Crippen LogP contribution in [0.15, 0.2) is 66.7 Å². The van der Waals surface area contributed by atoms with E-state index < -0.39 is 11.6 Å². The molecule has 1 fully saturated rings. The highest BCUT2D eigenvalue weighted by Gasteiger charge is 2.25. The molecule has 0 unspecified atom stereocenters. The quantitative estimate of drug-likeness (QED) is 0.470. The second-order valence-corrected chi connectivity index (χ2v) is 8.64. The minimum atomic E-state index is -0.497. The van der Waals surface area contributed by atoms with Gasteiger partial charge in [0.1, 0.15) is 42.1 Å². The van der Waals surface area contributed by atoms with Gasteiger partial charge in [0.05, 0.1) is 6.67 Å². The van der Waals surface area contributed by atoms with Crippen LogP contribution in [-0.2, 0) is 0 Å². The zero-order valence-corrected chi connectivity index (χ0v) is 19.5. The minimum Gasteiger partial charge on any atom is -0.508 e. The zero-order valence-electron chi connectivity index (χ0n) is 19.5. The third-order valence-corrected chi connectivity index (χ3v) is 6.12. The molecule has 3 aromatic rings. The van der Waals surface area contributed by atoms with Crippen molar-refractivity contribution in [1.29, 1.82) is 0 Å². The maximum absolute atomic E-state index is 13.9. The molecule has 3 aromatic carbocycles. The predicted molar refractivity (Wildman–Crippen MR) is 130 cm³/mol. The standard InChI is InChI=1S/C16H12F2O2.C12H16FNO/c1-9-12-7-11(19)3-5-16(12)20-8-14(9)13-6-10(17)2-4-15(13)18;13-8-11-9-14(10-11)6-7-15-12-4-2-1-3-5-12/h2-7,19H,8H2,1H3;1-5,11H,6-10H2. The minimum absolute atomic E-state index is 0.104. The Morgan fingerprint density at radius 1 is 1.00 bits per heavy atom. The monoisotopic (exact) mass is 483 g/mol. The predicted octanol–water partition coefficient (Wildman–Crippen LogP) is 5.96. The van der Waals surface area contributed by atoms with Gasteiger partial charge in [-0.05, 0) is 61.0 Å². The van der Waals surface area contributed by atoms with Crippen LogP contribution in [0.25, 0.3) is 11.1 Å². The number of likely N-dealkylation sites (tertiary alicyclic amines) is 1. The van der Waals surface area contributed by atoms with Crippen LogP contribution in [0.3, 0.4) is 0 Å². The van der Waals surface area contributed by atoms with Crippen molar-refractivity contribution in [2.24, 2.45) is 5.92 Å². The average molecular weight is 484 g/mol. The maximum Gasteiger partial charge on any atom is 0.131 e. The summed E-state index contributed by atoms with van der Waals surface area (Å²) in [5.74, 6) is 0.909. The van der Waals surface area contributed by atoms with Crippen LogP contribution in [0.4, 0.5) is 13.2 Å². The van der Waals surface area contributed by atoms with Gasteiger partial charge in [-0.3, -0.25) is 9.29 Å². The number of nitrogens with zero attached hydrogens (tertiary/aromatic N) is 1. The van der Waals surface area contributed by atoms with Gasteiger partial charge in [-0.1, -0.05) is 18.2 Å². The summed E-state index contributed by atoms with van der Waals surface area (Å²) in [5.41, 5.74) is 2.23. The number of benzene rings is 3. The van der Waals surface area contributed by atoms with E-state index in [2.05, 4.69) is 4.90 Å². The molecule has 1 N–H and O–H groups in total. The smallest absolute Gasteiger partial charge is 0.131 e. The number of phenols is 1. The summed E-state index contributed by atoms with van der Waals surface area (Å²) in [7, 11) is 0. The van der Waals surface area contributed by atoms with Crippen LogP contribution in [0.2, 0.25) is 0 Å². The van der Waals surface area contributed by atoms with Gasteiger partial charge < -0.3 is 14.6 Å². The van der Waals surface area contributed by atoms with Crippen LogP contribution in [0.5, 0.6) is 17.2 Å². The first-order valence-corrected chi connectivity index (χ1v) is 11.5. The number of allylic oxidation sites excluding steroid dienone is 1. The van der Waals surface area contributed by atoms with Gasteiger partial charge in [-0.2, -0.15) is 0 Å². The molecule has 35 heavy (non-hydrogen) atoms. The summed E-state index contributed by atoms with van der Waals surface area (Å²) in [6, 6.07) is 17.9. The summed E-state index contributed by atoms with van der Waals surface area (Å²) in [4.78, 5) is 2.22. The lowest BCUT2D eigenvalue weighted by Gasteiger charge is -2.37. The highest BCUT2D eigenvalue weighted by Crippen LogP contribution is 2.39. The average Bonchev–Trinajstić information content (AvgIpc) is 2.84. The van der Waals surface area contributed by atoms with Gasteiger partial charge in [-0.15, -0.1) is 0 Å². The van der Waals surface area contributed by atoms with E-state index in [1.54, 1.807) is 19.1 Å². The second kappa shape index (κ2) is 11.3. The normalized spacial score (nSPS) is 15.4. The van der Waals surface area contributed by atoms with E-state index in [0.29, 0.717) is 23.5 Å². The molecule has 0 aliphatic carbocycles. The number of phenolic OH excluding ortho intramolecular Hbond substituents is 1. The third kappa shape index (κ3) is 6.17. The summed E-state index contributed by atoms with van der Waals surface area (Å²) in [6.45, 7) is 5.14. The first-order chi connectivity index (χ1) is 16.9. The largest absolute Gasteiger partial charge is 0.508 e. The zero-order chi connectivity index (χ0) is 24.8. The third-order valence-electron chi connectivity index (χ3n) is 6.12. The number of para-hydroxylation sites is 1. The van der Waals surface area contributed by atoms with Crippen molar-refractivity contribution in [1.82, 2.24) is 4.90 Å². The highest BCUT2D eigenvalue weighted by molar-refractivity contribution is 5.94. The number of halogens is 3. The first kappa shape index (κ1) is 24.7. The Labute approximate surface area is 203 Å². The fraction of sp³-hybridized carbons (Fsp3) is 0.286. The molecule has 4 nitrogen and oxygen atoms in total. The lowest BCUT2D eigenvalue weighted by Crippen LogP contribution is -2.49. The molecule has 0 aromatic heterocycles. The Bertz CT molecular complexity index is 1180. The lowest BCUT2D eigenvalue weighted by atomic mass is 9.93. The molecule has 2 aliphatic heterocycles. The van der Waals surface area contributed by atoms with Crippen molar-refractivity contribution in [2.75, 3.05) is 39.5 Å². The molecule has 7 heteroatoms. The molecule has 2 aliphatic rings. The van der Waals surface area contributed by atoms with Crippen molar-refractivity contribution in [3.8, 4) is 17.2 Å². The number of aromatic hydroxyl groups is 1. The summed E-state index contributed by atoms with van der Waals surface area (Å²) in [5, 5.41) is 9.55. The van der Waals surface area contributed by atoms with Gasteiger partial charge in [-0.25, -0.2) is 8.78 Å². The van der Waals surface area contributed by atoms with Crippen LogP contribution in [0.1, 0.15) is 18.1 Å². The number of fused-ring (bicyclic) bond motifs is 1. The Morgan fingerprint density at radius 3 is 2.51 bits per heavy atom. The van der Waals surface area contributed by atoms with E-state index in [1.165, 1.54) is 6.07 Å². The van der Waals surface area contributed by atoms with E-state index >= 15 is 0 Å². The molecule has 2 heterocycles. The van der Waals surface area contributed by atoms with E-state index in [0.717, 1.165) is 49.2 Å². The fourth-order valence-corrected chi connectivity index (χ4v) is 4.13. The first-order valence-electron chi connectivity index (χ1n) is 11.5. The van der Waals surface area contributed by atoms with Crippen LogP contribution >= 0.6 is 0 Å². The lowest BCUT2D eigenvalue weighted by molar-refractivity contribution is 0.0668. The number of rotatable bonds is 6. The van der Waals surface area contributed by atoms with Crippen molar-refractivity contribution >= 4 is 11.1 Å². The van der Waals surface area contributed by atoms with Crippen LogP contribution in [0, 0.1) is 17.6 Å². The van der Waals surface area contributed by atoms with Gasteiger partial charge in [0, 0.05) is 42.3 Å². The molecule has 0 bridgehead atoms. The highest BCUT2D eigenvalue weighted by atomic mass is 19.1. The molecule has 0 spiro atoms. The molecular formula is C28H28F3NO3. The summed E-state index contributed by atoms with van der Waals surface area (Å²) >= 11 is 0. The Hall–Kier alpha value is -3.45. The Kier molecular flexibility index (Phi) is 7.98. The molecule has 0 radical (unpaired) electrons. The SMILES string of the molecule is CC1=C(c2cc(F)ccc2F)COc2ccc(O)cc21.FCC1CN(CCOc2ccccc2)C1. The van der Waals surface area contributed by atoms with E-state index in [4.69, 9.17) is 9.47 Å². The Morgan fingerprint density at radius 2 is 1.77 bits per heavy atom. The van der Waals surface area contributed by atoms with Gasteiger partial charge in [0.25, 0.3) is 0 Å². The second-order valence-electron chi connectivity index (χ2n) is 8.64. The number of hydrogen-bond acceptors (Lipinski definition) is 4. The molecule has 184 valence electrons. The molecular weight excluding hydrogens is 455 g/mol. The summed E-state index contributed by atoms with van der Waals surface area (Å²) < 4.78 is 50.4. The van der Waals surface area contributed by atoms with Crippen LogP contribution < -0.4 is 9.47 Å². The molecule has 0 atom stereocenters. The van der Waals surface area contributed by atoms with Crippen molar-refractivity contribution in [2.45, 2.75) is 6.92 Å². The van der Waals surface area contributed by atoms with Crippen molar-refractivity contribution in [3.05, 3.63) is 89.5 Å². The molecule has 0 saturated carbocycles. The van der Waals surface area contributed by atoms with E-state index in [9.17, 15) is 18.3 Å².